The Morgan fingerprint density at radius 2 is 1.61 bits per heavy atom. The van der Waals surface area contributed by atoms with E-state index in [-0.39, 0.29) is 17.6 Å². The smallest absolute Gasteiger partial charge is 0.315 e. The van der Waals surface area contributed by atoms with Crippen LogP contribution in [0.25, 0.3) is 0 Å². The zero-order valence-electron chi connectivity index (χ0n) is 15.4. The number of piperazine rings is 1. The number of carbonyl (C=O) groups is 1. The van der Waals surface area contributed by atoms with E-state index in [0.29, 0.717) is 0 Å². The molecule has 0 saturated carbocycles. The van der Waals surface area contributed by atoms with Gasteiger partial charge in [0.25, 0.3) is 0 Å². The fourth-order valence-corrected chi connectivity index (χ4v) is 3.60. The predicted molar refractivity (Wildman–Crippen MR) is 94.8 cm³/mol. The summed E-state index contributed by atoms with van der Waals surface area (Å²) in [6, 6.07) is 0.156. The van der Waals surface area contributed by atoms with E-state index in [1.54, 1.807) is 0 Å². The molecule has 2 amide bonds. The Bertz CT molecular complexity index is 371. The number of urea groups is 1. The Morgan fingerprint density at radius 1 is 1.04 bits per heavy atom. The molecule has 6 heteroatoms. The zero-order valence-corrected chi connectivity index (χ0v) is 15.4. The van der Waals surface area contributed by atoms with Crippen molar-refractivity contribution < 1.29 is 4.79 Å². The van der Waals surface area contributed by atoms with Crippen molar-refractivity contribution in [1.82, 2.24) is 25.3 Å². The van der Waals surface area contributed by atoms with Gasteiger partial charge in [0.05, 0.1) is 5.54 Å². The van der Waals surface area contributed by atoms with Crippen LogP contribution >= 0.6 is 0 Å². The monoisotopic (exact) mass is 325 g/mol. The number of hydrogen-bond donors (Lipinski definition) is 2. The molecule has 0 aromatic rings. The van der Waals surface area contributed by atoms with Gasteiger partial charge in [0.15, 0.2) is 0 Å². The molecular formula is C17H35N5O. The fourth-order valence-electron chi connectivity index (χ4n) is 3.60. The lowest BCUT2D eigenvalue weighted by Gasteiger charge is -2.46. The van der Waals surface area contributed by atoms with Crippen molar-refractivity contribution in [3.05, 3.63) is 0 Å². The molecule has 0 radical (unpaired) electrons. The SMILES string of the molecule is CCN1CCN(CC2(NC(=O)NC(C)C)CCN(C)CC2)CC1. The van der Waals surface area contributed by atoms with E-state index in [0.717, 1.165) is 65.2 Å². The number of nitrogens with zero attached hydrogens (tertiary/aromatic N) is 3. The quantitative estimate of drug-likeness (QED) is 0.785. The maximum Gasteiger partial charge on any atom is 0.315 e. The molecule has 2 heterocycles. The first-order valence-corrected chi connectivity index (χ1v) is 9.14. The molecule has 2 aliphatic rings. The van der Waals surface area contributed by atoms with Crippen LogP contribution in [0.2, 0.25) is 0 Å². The van der Waals surface area contributed by atoms with Gasteiger partial charge < -0.3 is 20.4 Å². The first kappa shape index (κ1) is 18.5. The topological polar surface area (TPSA) is 50.9 Å². The molecule has 0 spiro atoms. The summed E-state index contributed by atoms with van der Waals surface area (Å²) in [5.74, 6) is 0. The number of likely N-dealkylation sites (N-methyl/N-ethyl adjacent to an activating group) is 1. The van der Waals surface area contributed by atoms with Crippen molar-refractivity contribution >= 4 is 6.03 Å². The van der Waals surface area contributed by atoms with Crippen LogP contribution in [-0.2, 0) is 0 Å². The Kier molecular flexibility index (Phi) is 6.68. The minimum Gasteiger partial charge on any atom is -0.336 e. The molecule has 0 aliphatic carbocycles. The second kappa shape index (κ2) is 8.31. The van der Waals surface area contributed by atoms with Crippen molar-refractivity contribution in [2.75, 3.05) is 59.4 Å². The highest BCUT2D eigenvalue weighted by molar-refractivity contribution is 5.75. The molecule has 6 nitrogen and oxygen atoms in total. The summed E-state index contributed by atoms with van der Waals surface area (Å²) in [5.41, 5.74) is -0.0835. The maximum atomic E-state index is 12.3. The highest BCUT2D eigenvalue weighted by Gasteiger charge is 2.37. The number of rotatable bonds is 5. The minimum absolute atomic E-state index is 0.0169. The van der Waals surface area contributed by atoms with Crippen molar-refractivity contribution in [1.29, 1.82) is 0 Å². The lowest BCUT2D eigenvalue weighted by atomic mass is 9.86. The Balaban J connectivity index is 1.95. The van der Waals surface area contributed by atoms with Gasteiger partial charge >= 0.3 is 6.03 Å². The number of likely N-dealkylation sites (tertiary alicyclic amines) is 1. The van der Waals surface area contributed by atoms with Crippen LogP contribution in [0.3, 0.4) is 0 Å². The van der Waals surface area contributed by atoms with E-state index in [4.69, 9.17) is 0 Å². The van der Waals surface area contributed by atoms with E-state index >= 15 is 0 Å². The van der Waals surface area contributed by atoms with Crippen LogP contribution in [0.4, 0.5) is 4.79 Å². The van der Waals surface area contributed by atoms with Gasteiger partial charge in [-0.15, -0.1) is 0 Å². The van der Waals surface area contributed by atoms with Crippen LogP contribution in [-0.4, -0.2) is 91.7 Å². The lowest BCUT2D eigenvalue weighted by molar-refractivity contribution is 0.0755. The molecule has 0 aromatic carbocycles. The summed E-state index contributed by atoms with van der Waals surface area (Å²) in [6.45, 7) is 15.0. The van der Waals surface area contributed by atoms with Crippen molar-refractivity contribution in [2.45, 2.75) is 45.2 Å². The molecule has 2 saturated heterocycles. The third-order valence-electron chi connectivity index (χ3n) is 5.18. The summed E-state index contributed by atoms with van der Waals surface area (Å²) in [4.78, 5) is 19.7. The normalized spacial score (nSPS) is 23.9. The lowest BCUT2D eigenvalue weighted by Crippen LogP contribution is -2.63. The average Bonchev–Trinajstić information content (AvgIpc) is 2.50. The molecule has 134 valence electrons. The van der Waals surface area contributed by atoms with Crippen LogP contribution in [0.1, 0.15) is 33.6 Å². The molecule has 2 fully saturated rings. The second-order valence-corrected chi connectivity index (χ2v) is 7.55. The highest BCUT2D eigenvalue weighted by atomic mass is 16.2. The molecule has 2 rings (SSSR count). The van der Waals surface area contributed by atoms with Gasteiger partial charge in [-0.3, -0.25) is 4.90 Å². The summed E-state index contributed by atoms with van der Waals surface area (Å²) < 4.78 is 0. The first-order valence-electron chi connectivity index (χ1n) is 9.14. The van der Waals surface area contributed by atoms with Crippen LogP contribution < -0.4 is 10.6 Å². The highest BCUT2D eigenvalue weighted by Crippen LogP contribution is 2.23. The van der Waals surface area contributed by atoms with E-state index < -0.39 is 0 Å². The van der Waals surface area contributed by atoms with Gasteiger partial charge in [0, 0.05) is 51.9 Å². The Hall–Kier alpha value is -0.850. The van der Waals surface area contributed by atoms with Gasteiger partial charge in [-0.1, -0.05) is 6.92 Å². The van der Waals surface area contributed by atoms with E-state index in [2.05, 4.69) is 39.3 Å². The second-order valence-electron chi connectivity index (χ2n) is 7.55. The van der Waals surface area contributed by atoms with E-state index in [1.807, 2.05) is 13.8 Å². The first-order chi connectivity index (χ1) is 10.9. The number of amides is 2. The summed E-state index contributed by atoms with van der Waals surface area (Å²) >= 11 is 0. The van der Waals surface area contributed by atoms with Crippen LogP contribution in [0.15, 0.2) is 0 Å². The summed E-state index contributed by atoms with van der Waals surface area (Å²) in [5, 5.41) is 6.31. The predicted octanol–water partition coefficient (Wildman–Crippen LogP) is 0.796. The average molecular weight is 326 g/mol. The standard InChI is InChI=1S/C17H35N5O/c1-5-21-10-12-22(13-11-21)14-17(6-8-20(4)9-7-17)19-16(23)18-15(2)3/h15H,5-14H2,1-4H3,(H2,18,19,23). The Labute approximate surface area is 141 Å². The summed E-state index contributed by atoms with van der Waals surface area (Å²) in [7, 11) is 2.16. The van der Waals surface area contributed by atoms with E-state index in [1.165, 1.54) is 0 Å². The van der Waals surface area contributed by atoms with Crippen LogP contribution in [0, 0.1) is 0 Å². The summed E-state index contributed by atoms with van der Waals surface area (Å²) in [6.07, 6.45) is 2.06. The molecule has 2 aliphatic heterocycles. The van der Waals surface area contributed by atoms with E-state index in [9.17, 15) is 4.79 Å². The van der Waals surface area contributed by atoms with Gasteiger partial charge in [-0.25, -0.2) is 4.79 Å². The van der Waals surface area contributed by atoms with Gasteiger partial charge in [0.1, 0.15) is 0 Å². The fraction of sp³-hybridized carbons (Fsp3) is 0.941. The molecule has 0 unspecified atom stereocenters. The molecular weight excluding hydrogens is 290 g/mol. The van der Waals surface area contributed by atoms with Crippen molar-refractivity contribution in [2.24, 2.45) is 0 Å². The third kappa shape index (κ3) is 5.62. The number of piperidine rings is 1. The molecule has 23 heavy (non-hydrogen) atoms. The minimum atomic E-state index is -0.0835. The molecule has 2 N–H and O–H groups in total. The van der Waals surface area contributed by atoms with Crippen molar-refractivity contribution in [3.8, 4) is 0 Å². The number of carbonyl (C=O) groups excluding carboxylic acids is 1. The van der Waals surface area contributed by atoms with Crippen LogP contribution in [0.5, 0.6) is 0 Å². The number of hydrogen-bond acceptors (Lipinski definition) is 4. The zero-order chi connectivity index (χ0) is 16.9. The molecule has 0 atom stereocenters. The largest absolute Gasteiger partial charge is 0.336 e. The molecule has 0 aromatic heterocycles. The van der Waals surface area contributed by atoms with Crippen molar-refractivity contribution in [3.63, 3.8) is 0 Å². The molecule has 0 bridgehead atoms. The van der Waals surface area contributed by atoms with Gasteiger partial charge in [-0.05, 0) is 40.3 Å². The maximum absolute atomic E-state index is 12.3. The Morgan fingerprint density at radius 3 is 2.13 bits per heavy atom. The van der Waals surface area contributed by atoms with Gasteiger partial charge in [-0.2, -0.15) is 0 Å². The number of nitrogens with one attached hydrogen (secondary N) is 2. The third-order valence-corrected chi connectivity index (χ3v) is 5.18. The van der Waals surface area contributed by atoms with Gasteiger partial charge in [0.2, 0.25) is 0 Å².